The number of benzene rings is 1. The zero-order valence-corrected chi connectivity index (χ0v) is 11.8. The molecule has 1 N–H and O–H groups in total. The maximum atomic E-state index is 12.0. The number of hydrogen-bond donors (Lipinski definition) is 2. The summed E-state index contributed by atoms with van der Waals surface area (Å²) in [6, 6.07) is 9.85. The van der Waals surface area contributed by atoms with Crippen LogP contribution in [0, 0.1) is 0 Å². The van der Waals surface area contributed by atoms with Crippen molar-refractivity contribution in [2.75, 3.05) is 13.6 Å². The molecule has 100 valence electrons. The van der Waals surface area contributed by atoms with Gasteiger partial charge in [-0.15, -0.1) is 0 Å². The molecule has 1 rings (SSSR count). The number of amides is 1. The lowest BCUT2D eigenvalue weighted by molar-refractivity contribution is -0.129. The molecule has 0 aromatic heterocycles. The van der Waals surface area contributed by atoms with Crippen LogP contribution in [0.4, 0.5) is 0 Å². The first-order chi connectivity index (χ1) is 8.50. The summed E-state index contributed by atoms with van der Waals surface area (Å²) in [5.74, 6) is 0.00263. The first-order valence-corrected chi connectivity index (χ1v) is 6.67. The van der Waals surface area contributed by atoms with Crippen molar-refractivity contribution in [3.8, 4) is 0 Å². The van der Waals surface area contributed by atoms with E-state index >= 15 is 0 Å². The fourth-order valence-corrected chi connectivity index (χ4v) is 2.08. The molecule has 0 aliphatic heterocycles. The van der Waals surface area contributed by atoms with Crippen LogP contribution in [0.5, 0.6) is 0 Å². The highest BCUT2D eigenvalue weighted by atomic mass is 32.1. The Morgan fingerprint density at radius 2 is 2.00 bits per heavy atom. The van der Waals surface area contributed by atoms with Crippen LogP contribution in [0.3, 0.4) is 0 Å². The van der Waals surface area contributed by atoms with E-state index in [2.05, 4.69) is 12.6 Å². The molecule has 0 aliphatic carbocycles. The molecule has 2 atom stereocenters. The lowest BCUT2D eigenvalue weighted by Gasteiger charge is -2.21. The number of carbonyl (C=O) groups excluding carboxylic acids is 1. The van der Waals surface area contributed by atoms with Crippen molar-refractivity contribution < 1.29 is 9.90 Å². The largest absolute Gasteiger partial charge is 0.393 e. The molecular formula is C14H21NO2S. The summed E-state index contributed by atoms with van der Waals surface area (Å²) in [5.41, 5.74) is 1.11. The molecule has 0 saturated heterocycles. The molecule has 0 heterocycles. The van der Waals surface area contributed by atoms with Crippen LogP contribution in [0.25, 0.3) is 0 Å². The number of carbonyl (C=O) groups is 1. The van der Waals surface area contributed by atoms with Crippen molar-refractivity contribution in [2.24, 2.45) is 0 Å². The van der Waals surface area contributed by atoms with Gasteiger partial charge in [-0.1, -0.05) is 30.3 Å². The fraction of sp³-hybridized carbons (Fsp3) is 0.500. The first kappa shape index (κ1) is 15.1. The fourth-order valence-electron chi connectivity index (χ4n) is 1.67. The minimum atomic E-state index is -0.382. The van der Waals surface area contributed by atoms with Gasteiger partial charge >= 0.3 is 0 Å². The van der Waals surface area contributed by atoms with Crippen molar-refractivity contribution >= 4 is 18.5 Å². The van der Waals surface area contributed by atoms with Gasteiger partial charge in [-0.3, -0.25) is 4.79 Å². The van der Waals surface area contributed by atoms with E-state index in [9.17, 15) is 9.90 Å². The van der Waals surface area contributed by atoms with Crippen LogP contribution >= 0.6 is 12.6 Å². The summed E-state index contributed by atoms with van der Waals surface area (Å²) in [5, 5.41) is 8.87. The van der Waals surface area contributed by atoms with Crippen molar-refractivity contribution in [1.82, 2.24) is 4.90 Å². The maximum absolute atomic E-state index is 12.0. The third-order valence-corrected chi connectivity index (χ3v) is 3.22. The molecule has 3 nitrogen and oxygen atoms in total. The van der Waals surface area contributed by atoms with E-state index in [-0.39, 0.29) is 17.3 Å². The predicted molar refractivity (Wildman–Crippen MR) is 76.9 cm³/mol. The van der Waals surface area contributed by atoms with E-state index in [1.165, 1.54) is 0 Å². The molecular weight excluding hydrogens is 246 g/mol. The number of rotatable bonds is 6. The van der Waals surface area contributed by atoms with Gasteiger partial charge in [-0.25, -0.2) is 0 Å². The molecule has 0 radical (unpaired) electrons. The van der Waals surface area contributed by atoms with E-state index in [0.29, 0.717) is 19.4 Å². The van der Waals surface area contributed by atoms with Gasteiger partial charge in [0, 0.05) is 13.6 Å². The monoisotopic (exact) mass is 267 g/mol. The molecule has 0 bridgehead atoms. The summed E-state index contributed by atoms with van der Waals surface area (Å²) in [7, 11) is 1.75. The second-order valence-electron chi connectivity index (χ2n) is 4.60. The normalized spacial score (nSPS) is 14.0. The third-order valence-electron chi connectivity index (χ3n) is 2.82. The Balaban J connectivity index is 2.46. The Labute approximate surface area is 114 Å². The average molecular weight is 267 g/mol. The molecule has 2 unspecified atom stereocenters. The molecule has 1 aromatic carbocycles. The summed E-state index contributed by atoms with van der Waals surface area (Å²) >= 11 is 4.37. The highest BCUT2D eigenvalue weighted by Crippen LogP contribution is 2.10. The highest BCUT2D eigenvalue weighted by Gasteiger charge is 2.18. The highest BCUT2D eigenvalue weighted by molar-refractivity contribution is 7.81. The maximum Gasteiger partial charge on any atom is 0.235 e. The zero-order valence-electron chi connectivity index (χ0n) is 10.9. The minimum absolute atomic E-state index is 0.00263. The lowest BCUT2D eigenvalue weighted by atomic mass is 10.1. The van der Waals surface area contributed by atoms with E-state index in [0.717, 1.165) is 5.56 Å². The van der Waals surface area contributed by atoms with Gasteiger partial charge in [0.1, 0.15) is 0 Å². The SMILES string of the molecule is CC(O)CCN(C)C(=O)C(S)Cc1ccccc1. The molecule has 0 aliphatic rings. The van der Waals surface area contributed by atoms with Crippen molar-refractivity contribution in [3.05, 3.63) is 35.9 Å². The predicted octanol–water partition coefficient (Wildman–Crippen LogP) is 1.76. The summed E-state index contributed by atoms with van der Waals surface area (Å²) in [6.45, 7) is 2.28. The Bertz CT molecular complexity index is 367. The van der Waals surface area contributed by atoms with Crippen molar-refractivity contribution in [2.45, 2.75) is 31.1 Å². The molecule has 1 amide bonds. The van der Waals surface area contributed by atoms with Crippen LogP contribution in [-0.4, -0.2) is 40.9 Å². The Kier molecular flexibility index (Phi) is 6.22. The molecule has 0 saturated carbocycles. The van der Waals surface area contributed by atoms with Crippen LogP contribution in [-0.2, 0) is 11.2 Å². The smallest absolute Gasteiger partial charge is 0.235 e. The van der Waals surface area contributed by atoms with E-state index in [4.69, 9.17) is 0 Å². The average Bonchev–Trinajstić information content (AvgIpc) is 2.36. The van der Waals surface area contributed by atoms with E-state index < -0.39 is 0 Å². The van der Waals surface area contributed by atoms with Gasteiger partial charge in [-0.2, -0.15) is 12.6 Å². The standard InChI is InChI=1S/C14H21NO2S/c1-11(16)8-9-15(2)14(17)13(18)10-12-6-4-3-5-7-12/h3-7,11,13,16,18H,8-10H2,1-2H3. The van der Waals surface area contributed by atoms with Crippen molar-refractivity contribution in [3.63, 3.8) is 0 Å². The zero-order chi connectivity index (χ0) is 13.5. The molecule has 18 heavy (non-hydrogen) atoms. The Morgan fingerprint density at radius 1 is 1.39 bits per heavy atom. The second-order valence-corrected chi connectivity index (χ2v) is 5.23. The third kappa shape index (κ3) is 5.10. The Hall–Kier alpha value is -1.00. The summed E-state index contributed by atoms with van der Waals surface area (Å²) < 4.78 is 0. The van der Waals surface area contributed by atoms with Crippen LogP contribution < -0.4 is 0 Å². The van der Waals surface area contributed by atoms with Crippen LogP contribution in [0.2, 0.25) is 0 Å². The number of hydrogen-bond acceptors (Lipinski definition) is 3. The van der Waals surface area contributed by atoms with E-state index in [1.54, 1.807) is 18.9 Å². The van der Waals surface area contributed by atoms with Gasteiger partial charge in [-0.05, 0) is 25.3 Å². The number of thiol groups is 1. The van der Waals surface area contributed by atoms with Crippen molar-refractivity contribution in [1.29, 1.82) is 0 Å². The molecule has 1 aromatic rings. The lowest BCUT2D eigenvalue weighted by Crippen LogP contribution is -2.36. The number of aliphatic hydroxyl groups excluding tert-OH is 1. The van der Waals surface area contributed by atoms with Gasteiger partial charge < -0.3 is 10.0 Å². The quantitative estimate of drug-likeness (QED) is 0.771. The summed E-state index contributed by atoms with van der Waals surface area (Å²) in [6.07, 6.45) is 0.836. The van der Waals surface area contributed by atoms with Gasteiger partial charge in [0.25, 0.3) is 0 Å². The summed E-state index contributed by atoms with van der Waals surface area (Å²) in [4.78, 5) is 13.7. The van der Waals surface area contributed by atoms with Crippen LogP contribution in [0.1, 0.15) is 18.9 Å². The topological polar surface area (TPSA) is 40.5 Å². The van der Waals surface area contributed by atoms with Crippen LogP contribution in [0.15, 0.2) is 30.3 Å². The molecule has 0 spiro atoms. The number of aliphatic hydroxyl groups is 1. The minimum Gasteiger partial charge on any atom is -0.393 e. The number of nitrogens with zero attached hydrogens (tertiary/aromatic N) is 1. The molecule has 0 fully saturated rings. The first-order valence-electron chi connectivity index (χ1n) is 6.15. The van der Waals surface area contributed by atoms with Gasteiger partial charge in [0.15, 0.2) is 0 Å². The van der Waals surface area contributed by atoms with Gasteiger partial charge in [0.05, 0.1) is 11.4 Å². The second kappa shape index (κ2) is 7.44. The molecule has 4 heteroatoms. The van der Waals surface area contributed by atoms with E-state index in [1.807, 2.05) is 30.3 Å². The van der Waals surface area contributed by atoms with Gasteiger partial charge in [0.2, 0.25) is 5.91 Å². The Morgan fingerprint density at radius 3 is 2.56 bits per heavy atom.